The molecule has 0 saturated heterocycles. The molecule has 3 aromatic rings. The highest BCUT2D eigenvalue weighted by molar-refractivity contribution is 9.10. The van der Waals surface area contributed by atoms with Crippen LogP contribution in [-0.4, -0.2) is 36.7 Å². The average Bonchev–Trinajstić information content (AvgIpc) is 3.02. The Morgan fingerprint density at radius 2 is 2.10 bits per heavy atom. The maximum absolute atomic E-state index is 11.3. The van der Waals surface area contributed by atoms with Crippen LogP contribution in [0.15, 0.2) is 27.6 Å². The van der Waals surface area contributed by atoms with Crippen LogP contribution in [0.5, 0.6) is 0 Å². The fourth-order valence-electron chi connectivity index (χ4n) is 2.01. The first-order chi connectivity index (χ1) is 10.2. The molecule has 0 fully saturated rings. The van der Waals surface area contributed by atoms with E-state index in [9.17, 15) is 4.79 Å². The minimum absolute atomic E-state index is 0.0271. The predicted molar refractivity (Wildman–Crippen MR) is 81.1 cm³/mol. The molecule has 0 saturated carbocycles. The topological polar surface area (TPSA) is 112 Å². The van der Waals surface area contributed by atoms with Crippen molar-refractivity contribution in [3.8, 4) is 0 Å². The van der Waals surface area contributed by atoms with Crippen LogP contribution in [0.2, 0.25) is 0 Å². The molecule has 0 aliphatic carbocycles. The van der Waals surface area contributed by atoms with Crippen LogP contribution in [0.25, 0.3) is 11.0 Å². The molecular weight excluding hydrogens is 340 g/mol. The van der Waals surface area contributed by atoms with Gasteiger partial charge in [0, 0.05) is 4.47 Å². The van der Waals surface area contributed by atoms with Gasteiger partial charge in [0.05, 0.1) is 42.6 Å². The van der Waals surface area contributed by atoms with Gasteiger partial charge in [-0.2, -0.15) is 0 Å². The molecule has 0 aliphatic heterocycles. The van der Waals surface area contributed by atoms with E-state index < -0.39 is 0 Å². The second-order valence-corrected chi connectivity index (χ2v) is 5.36. The van der Waals surface area contributed by atoms with E-state index in [2.05, 4.69) is 41.5 Å². The highest BCUT2D eigenvalue weighted by Gasteiger charge is 2.06. The molecule has 9 heteroatoms. The van der Waals surface area contributed by atoms with Crippen molar-refractivity contribution in [2.24, 2.45) is 0 Å². The van der Waals surface area contributed by atoms with Gasteiger partial charge in [0.15, 0.2) is 0 Å². The minimum Gasteiger partial charge on any atom is -0.394 e. The van der Waals surface area contributed by atoms with E-state index >= 15 is 0 Å². The summed E-state index contributed by atoms with van der Waals surface area (Å²) in [6, 6.07) is 3.67. The van der Waals surface area contributed by atoms with Gasteiger partial charge in [0.2, 0.25) is 0 Å². The first-order valence-corrected chi connectivity index (χ1v) is 7.10. The molecule has 0 atom stereocenters. The van der Waals surface area contributed by atoms with E-state index in [4.69, 9.17) is 5.11 Å². The molecule has 2 aromatic heterocycles. The molecule has 8 nitrogen and oxygen atoms in total. The van der Waals surface area contributed by atoms with Crippen LogP contribution in [0, 0.1) is 0 Å². The number of H-pyrrole nitrogens is 2. The predicted octanol–water partition coefficient (Wildman–Crippen LogP) is 0.815. The highest BCUT2D eigenvalue weighted by Crippen LogP contribution is 2.26. The van der Waals surface area contributed by atoms with Crippen LogP contribution in [0.4, 0.5) is 5.69 Å². The van der Waals surface area contributed by atoms with Gasteiger partial charge >= 0.3 is 5.69 Å². The maximum atomic E-state index is 11.3. The fraction of sp³-hybridized carbons (Fsp3) is 0.250. The number of aliphatic hydroxyl groups excluding tert-OH is 1. The summed E-state index contributed by atoms with van der Waals surface area (Å²) in [5.41, 5.74) is 2.84. The number of hydrogen-bond acceptors (Lipinski definition) is 5. The first-order valence-electron chi connectivity index (χ1n) is 6.31. The number of nitrogens with zero attached hydrogens (tertiary/aromatic N) is 3. The van der Waals surface area contributed by atoms with Crippen LogP contribution in [0.3, 0.4) is 0 Å². The van der Waals surface area contributed by atoms with E-state index in [0.29, 0.717) is 13.1 Å². The third-order valence-corrected chi connectivity index (χ3v) is 3.63. The molecular formula is C12H13BrN6O2. The van der Waals surface area contributed by atoms with Gasteiger partial charge in [-0.25, -0.2) is 9.48 Å². The molecule has 21 heavy (non-hydrogen) atoms. The number of fused-ring (bicyclic) bond motifs is 1. The molecule has 0 amide bonds. The number of benzene rings is 1. The zero-order valence-corrected chi connectivity index (χ0v) is 12.5. The zero-order valence-electron chi connectivity index (χ0n) is 10.9. The van der Waals surface area contributed by atoms with E-state index in [1.807, 2.05) is 12.1 Å². The Hall–Kier alpha value is -2.13. The number of anilines is 1. The number of imidazole rings is 1. The minimum atomic E-state index is -0.235. The van der Waals surface area contributed by atoms with Crippen molar-refractivity contribution in [2.45, 2.75) is 13.1 Å². The van der Waals surface area contributed by atoms with E-state index in [1.54, 1.807) is 10.9 Å². The third-order valence-electron chi connectivity index (χ3n) is 2.98. The second kappa shape index (κ2) is 5.70. The van der Waals surface area contributed by atoms with Crippen molar-refractivity contribution < 1.29 is 5.11 Å². The standard InChI is InChI=1S/C12H13BrN6O2/c13-8-3-10-11(16-12(21)15-10)4-9(8)14-5-7-6-19(1-2-20)18-17-7/h3-4,6,14,20H,1-2,5H2,(H2,15,16,21). The van der Waals surface area contributed by atoms with Crippen LogP contribution in [0.1, 0.15) is 5.69 Å². The second-order valence-electron chi connectivity index (χ2n) is 4.51. The van der Waals surface area contributed by atoms with Crippen molar-refractivity contribution in [1.29, 1.82) is 0 Å². The normalized spacial score (nSPS) is 11.1. The van der Waals surface area contributed by atoms with Crippen molar-refractivity contribution in [1.82, 2.24) is 25.0 Å². The number of aromatic amines is 2. The van der Waals surface area contributed by atoms with Gasteiger partial charge in [-0.15, -0.1) is 5.10 Å². The molecule has 2 heterocycles. The smallest absolute Gasteiger partial charge is 0.323 e. The Labute approximate surface area is 127 Å². The fourth-order valence-corrected chi connectivity index (χ4v) is 2.49. The summed E-state index contributed by atoms with van der Waals surface area (Å²) in [5, 5.41) is 20.0. The molecule has 3 rings (SSSR count). The largest absolute Gasteiger partial charge is 0.394 e. The summed E-state index contributed by atoms with van der Waals surface area (Å²) >= 11 is 3.46. The molecule has 0 radical (unpaired) electrons. The lowest BCUT2D eigenvalue weighted by molar-refractivity contribution is 0.268. The summed E-state index contributed by atoms with van der Waals surface area (Å²) in [6.45, 7) is 0.941. The van der Waals surface area contributed by atoms with Gasteiger partial charge in [-0.1, -0.05) is 5.21 Å². The number of aliphatic hydroxyl groups is 1. The quantitative estimate of drug-likeness (QED) is 0.543. The molecule has 110 valence electrons. The summed E-state index contributed by atoms with van der Waals surface area (Å²) in [7, 11) is 0. The Morgan fingerprint density at radius 1 is 1.33 bits per heavy atom. The number of hydrogen-bond donors (Lipinski definition) is 4. The monoisotopic (exact) mass is 352 g/mol. The van der Waals surface area contributed by atoms with Crippen molar-refractivity contribution in [2.75, 3.05) is 11.9 Å². The lowest BCUT2D eigenvalue weighted by Gasteiger charge is -2.06. The summed E-state index contributed by atoms with van der Waals surface area (Å²) in [5.74, 6) is 0. The number of nitrogens with one attached hydrogen (secondary N) is 3. The summed E-state index contributed by atoms with van der Waals surface area (Å²) < 4.78 is 2.42. The van der Waals surface area contributed by atoms with Gasteiger partial charge in [-0.3, -0.25) is 0 Å². The lowest BCUT2D eigenvalue weighted by atomic mass is 10.2. The zero-order chi connectivity index (χ0) is 14.8. The molecule has 0 spiro atoms. The van der Waals surface area contributed by atoms with Crippen molar-refractivity contribution in [3.05, 3.63) is 39.0 Å². The molecule has 0 aliphatic rings. The molecule has 4 N–H and O–H groups in total. The van der Waals surface area contributed by atoms with E-state index in [0.717, 1.165) is 26.9 Å². The Bertz CT molecular complexity index is 821. The highest BCUT2D eigenvalue weighted by atomic mass is 79.9. The van der Waals surface area contributed by atoms with Crippen LogP contribution < -0.4 is 11.0 Å². The van der Waals surface area contributed by atoms with Crippen molar-refractivity contribution in [3.63, 3.8) is 0 Å². The van der Waals surface area contributed by atoms with Crippen LogP contribution >= 0.6 is 15.9 Å². The van der Waals surface area contributed by atoms with E-state index in [-0.39, 0.29) is 12.3 Å². The van der Waals surface area contributed by atoms with Crippen molar-refractivity contribution >= 4 is 32.7 Å². The third kappa shape index (κ3) is 2.98. The van der Waals surface area contributed by atoms with Gasteiger partial charge in [-0.05, 0) is 28.1 Å². The van der Waals surface area contributed by atoms with E-state index in [1.165, 1.54) is 0 Å². The molecule has 1 aromatic carbocycles. The number of aromatic nitrogens is 5. The van der Waals surface area contributed by atoms with Gasteiger partial charge in [0.25, 0.3) is 0 Å². The maximum Gasteiger partial charge on any atom is 0.323 e. The molecule has 0 bridgehead atoms. The number of rotatable bonds is 5. The summed E-state index contributed by atoms with van der Waals surface area (Å²) in [6.07, 6.45) is 1.77. The Balaban J connectivity index is 1.77. The van der Waals surface area contributed by atoms with Crippen LogP contribution in [-0.2, 0) is 13.1 Å². The first kappa shape index (κ1) is 13.8. The van der Waals surface area contributed by atoms with Gasteiger partial charge < -0.3 is 20.4 Å². The lowest BCUT2D eigenvalue weighted by Crippen LogP contribution is -2.02. The van der Waals surface area contributed by atoms with Gasteiger partial charge in [0.1, 0.15) is 5.69 Å². The Morgan fingerprint density at radius 3 is 2.86 bits per heavy atom. The Kier molecular flexibility index (Phi) is 3.76. The number of halogens is 1. The average molecular weight is 353 g/mol. The summed E-state index contributed by atoms with van der Waals surface area (Å²) in [4.78, 5) is 16.7. The molecule has 0 unspecified atom stereocenters. The SMILES string of the molecule is O=c1[nH]c2cc(Br)c(NCc3cn(CCO)nn3)cc2[nH]1.